The van der Waals surface area contributed by atoms with Crippen LogP contribution in [0.15, 0.2) is 60.9 Å². The number of rotatable bonds is 4. The number of nitrogens with one attached hydrogen (secondary N) is 1. The predicted molar refractivity (Wildman–Crippen MR) is 143 cm³/mol. The largest absolute Gasteiger partial charge is 0.382 e. The molecule has 3 N–H and O–H groups in total. The Bertz CT molecular complexity index is 1590. The number of nitrogens with zero attached hydrogens (tertiary/aromatic N) is 6. The van der Waals surface area contributed by atoms with Crippen molar-refractivity contribution >= 4 is 22.2 Å². The number of nitrogens with two attached hydrogens (primary N) is 1. The summed E-state index contributed by atoms with van der Waals surface area (Å²) >= 11 is 0. The van der Waals surface area contributed by atoms with E-state index in [4.69, 9.17) is 15.6 Å². The molecule has 2 saturated heterocycles. The Morgan fingerprint density at radius 2 is 2.03 bits per heavy atom. The molecule has 7 rings (SSSR count). The highest BCUT2D eigenvalue weighted by Crippen LogP contribution is 2.36. The first-order chi connectivity index (χ1) is 18.2. The van der Waals surface area contributed by atoms with E-state index in [1.807, 2.05) is 10.6 Å². The summed E-state index contributed by atoms with van der Waals surface area (Å²) in [6.07, 6.45) is 1.44. The molecule has 2 aliphatic rings. The van der Waals surface area contributed by atoms with E-state index in [-0.39, 0.29) is 6.10 Å². The van der Waals surface area contributed by atoms with Crippen molar-refractivity contribution in [1.29, 1.82) is 0 Å². The predicted octanol–water partition coefficient (Wildman–Crippen LogP) is 3.03. The van der Waals surface area contributed by atoms with Gasteiger partial charge >= 0.3 is 0 Å². The number of anilines is 1. The number of nitrogen functional groups attached to an aromatic ring is 1. The molecule has 0 saturated carbocycles. The fourth-order valence-electron chi connectivity index (χ4n) is 5.76. The van der Waals surface area contributed by atoms with Gasteiger partial charge in [-0.15, -0.1) is 0 Å². The SMILES string of the molecule is Cc1c2ccc(-c3cc(C4CN5CCNCC5CO4)n4ncnc(N)c34)cc2nn1Cc1ccccc1. The quantitative estimate of drug-likeness (QED) is 0.396. The van der Waals surface area contributed by atoms with Crippen LogP contribution in [-0.2, 0) is 11.3 Å². The van der Waals surface area contributed by atoms with E-state index in [9.17, 15) is 0 Å². The third-order valence-electron chi connectivity index (χ3n) is 7.79. The highest BCUT2D eigenvalue weighted by molar-refractivity contribution is 5.93. The molecule has 2 aliphatic heterocycles. The van der Waals surface area contributed by atoms with Gasteiger partial charge < -0.3 is 15.8 Å². The van der Waals surface area contributed by atoms with Gasteiger partial charge in [-0.1, -0.05) is 42.5 Å². The summed E-state index contributed by atoms with van der Waals surface area (Å²) in [6, 6.07) is 19.4. The van der Waals surface area contributed by atoms with Crippen molar-refractivity contribution in [3.63, 3.8) is 0 Å². The molecule has 5 heterocycles. The molecule has 0 amide bonds. The Kier molecular flexibility index (Phi) is 5.42. The second-order valence-corrected chi connectivity index (χ2v) is 10.0. The second kappa shape index (κ2) is 8.95. The fourth-order valence-corrected chi connectivity index (χ4v) is 5.76. The van der Waals surface area contributed by atoms with Crippen LogP contribution in [0.2, 0.25) is 0 Å². The summed E-state index contributed by atoms with van der Waals surface area (Å²) < 4.78 is 10.3. The third kappa shape index (κ3) is 3.87. The van der Waals surface area contributed by atoms with Gasteiger partial charge in [-0.05, 0) is 30.2 Å². The van der Waals surface area contributed by atoms with Crippen LogP contribution in [0.25, 0.3) is 27.5 Å². The van der Waals surface area contributed by atoms with E-state index < -0.39 is 0 Å². The second-order valence-electron chi connectivity index (χ2n) is 10.0. The number of morpholine rings is 1. The van der Waals surface area contributed by atoms with Crippen LogP contribution in [0.3, 0.4) is 0 Å². The molecule has 2 aromatic carbocycles. The molecule has 0 spiro atoms. The van der Waals surface area contributed by atoms with Crippen molar-refractivity contribution in [2.24, 2.45) is 0 Å². The first-order valence-corrected chi connectivity index (χ1v) is 12.9. The van der Waals surface area contributed by atoms with E-state index in [1.165, 1.54) is 11.9 Å². The van der Waals surface area contributed by atoms with Crippen molar-refractivity contribution in [1.82, 2.24) is 34.6 Å². The van der Waals surface area contributed by atoms with Gasteiger partial charge in [0.25, 0.3) is 0 Å². The monoisotopic (exact) mass is 494 g/mol. The molecular formula is C28H30N8O. The van der Waals surface area contributed by atoms with Crippen LogP contribution >= 0.6 is 0 Å². The van der Waals surface area contributed by atoms with Gasteiger partial charge in [0, 0.05) is 48.9 Å². The van der Waals surface area contributed by atoms with Gasteiger partial charge in [-0.2, -0.15) is 10.2 Å². The Morgan fingerprint density at radius 3 is 2.92 bits per heavy atom. The van der Waals surface area contributed by atoms with Crippen molar-refractivity contribution < 1.29 is 4.74 Å². The van der Waals surface area contributed by atoms with Crippen LogP contribution in [0.5, 0.6) is 0 Å². The summed E-state index contributed by atoms with van der Waals surface area (Å²) in [5, 5.41) is 14.1. The van der Waals surface area contributed by atoms with Crippen LogP contribution in [-0.4, -0.2) is 68.1 Å². The Balaban J connectivity index is 1.29. The first kappa shape index (κ1) is 22.4. The molecule has 37 heavy (non-hydrogen) atoms. The number of aromatic nitrogens is 5. The van der Waals surface area contributed by atoms with Gasteiger partial charge in [0.05, 0.1) is 24.4 Å². The molecule has 9 heteroatoms. The van der Waals surface area contributed by atoms with Crippen molar-refractivity contribution in [3.8, 4) is 11.1 Å². The Hall–Kier alpha value is -3.79. The van der Waals surface area contributed by atoms with Gasteiger partial charge in [0.1, 0.15) is 17.9 Å². The summed E-state index contributed by atoms with van der Waals surface area (Å²) in [5.74, 6) is 0.456. The Labute approximate surface area is 214 Å². The highest BCUT2D eigenvalue weighted by Gasteiger charge is 2.33. The number of aryl methyl sites for hydroxylation is 1. The van der Waals surface area contributed by atoms with E-state index in [1.54, 1.807) is 0 Å². The smallest absolute Gasteiger partial charge is 0.151 e. The maximum atomic E-state index is 6.42. The molecule has 2 fully saturated rings. The number of fused-ring (bicyclic) bond motifs is 3. The zero-order chi connectivity index (χ0) is 24.9. The number of piperazine rings is 1. The summed E-state index contributed by atoms with van der Waals surface area (Å²) in [5.41, 5.74) is 13.6. The maximum absolute atomic E-state index is 6.42. The van der Waals surface area contributed by atoms with Crippen LogP contribution < -0.4 is 11.1 Å². The molecule has 0 bridgehead atoms. The minimum absolute atomic E-state index is 0.0824. The lowest BCUT2D eigenvalue weighted by Crippen LogP contribution is -2.57. The lowest BCUT2D eigenvalue weighted by molar-refractivity contribution is -0.0739. The number of benzene rings is 2. The Morgan fingerprint density at radius 1 is 1.14 bits per heavy atom. The standard InChI is InChI=1S/C28H30N8O/c1-18-22-8-7-20(11-24(22)33-35(18)14-19-5-3-2-4-6-19)23-12-25(36-27(23)28(29)31-17-32-36)26-15-34-10-9-30-13-21(34)16-37-26/h2-8,11-12,17,21,26,30H,9-10,13-16H2,1H3,(H2,29,31,32). The normalized spacial score (nSPS) is 20.5. The molecule has 0 radical (unpaired) electrons. The number of hydrogen-bond donors (Lipinski definition) is 2. The molecule has 0 aliphatic carbocycles. The minimum atomic E-state index is -0.0824. The molecule has 5 aromatic rings. The zero-order valence-electron chi connectivity index (χ0n) is 20.8. The van der Waals surface area contributed by atoms with E-state index in [0.29, 0.717) is 18.5 Å². The lowest BCUT2D eigenvalue weighted by Gasteiger charge is -2.42. The van der Waals surface area contributed by atoms with Gasteiger partial charge in [-0.25, -0.2) is 9.50 Å². The van der Waals surface area contributed by atoms with Crippen molar-refractivity contribution in [3.05, 3.63) is 77.9 Å². The van der Waals surface area contributed by atoms with Gasteiger partial charge in [0.2, 0.25) is 0 Å². The lowest BCUT2D eigenvalue weighted by atomic mass is 10.0. The molecule has 188 valence electrons. The van der Waals surface area contributed by atoms with Gasteiger partial charge in [0.15, 0.2) is 5.82 Å². The average molecular weight is 495 g/mol. The third-order valence-corrected chi connectivity index (χ3v) is 7.79. The summed E-state index contributed by atoms with van der Waals surface area (Å²) in [7, 11) is 0. The number of hydrogen-bond acceptors (Lipinski definition) is 7. The maximum Gasteiger partial charge on any atom is 0.151 e. The van der Waals surface area contributed by atoms with Crippen LogP contribution in [0.1, 0.15) is 23.1 Å². The zero-order valence-corrected chi connectivity index (χ0v) is 20.8. The van der Waals surface area contributed by atoms with E-state index in [2.05, 4.69) is 80.4 Å². The highest BCUT2D eigenvalue weighted by atomic mass is 16.5. The molecule has 3 aromatic heterocycles. The summed E-state index contributed by atoms with van der Waals surface area (Å²) in [6.45, 7) is 7.41. The number of ether oxygens (including phenoxy) is 1. The molecular weight excluding hydrogens is 464 g/mol. The van der Waals surface area contributed by atoms with E-state index in [0.717, 1.165) is 71.7 Å². The van der Waals surface area contributed by atoms with Crippen molar-refractivity contribution in [2.45, 2.75) is 25.6 Å². The fraction of sp³-hybridized carbons (Fsp3) is 0.321. The molecule has 9 nitrogen and oxygen atoms in total. The first-order valence-electron chi connectivity index (χ1n) is 12.9. The van der Waals surface area contributed by atoms with Crippen molar-refractivity contribution in [2.75, 3.05) is 38.5 Å². The summed E-state index contributed by atoms with van der Waals surface area (Å²) in [4.78, 5) is 6.83. The van der Waals surface area contributed by atoms with Gasteiger partial charge in [-0.3, -0.25) is 9.58 Å². The molecule has 2 unspecified atom stereocenters. The minimum Gasteiger partial charge on any atom is -0.382 e. The molecule has 2 atom stereocenters. The van der Waals surface area contributed by atoms with E-state index >= 15 is 0 Å². The van der Waals surface area contributed by atoms with Crippen LogP contribution in [0.4, 0.5) is 5.82 Å². The topological polar surface area (TPSA) is 98.5 Å². The van der Waals surface area contributed by atoms with Crippen LogP contribution in [0, 0.1) is 6.92 Å². The average Bonchev–Trinajstić information content (AvgIpc) is 3.47.